The summed E-state index contributed by atoms with van der Waals surface area (Å²) < 4.78 is 5.48. The van der Waals surface area contributed by atoms with Crippen molar-refractivity contribution in [3.8, 4) is 0 Å². The third-order valence-corrected chi connectivity index (χ3v) is 9.59. The molecule has 6 amide bonds. The first-order valence-corrected chi connectivity index (χ1v) is 21.0. The number of carboxylic acids is 1. The third-order valence-electron chi connectivity index (χ3n) is 9.59. The van der Waals surface area contributed by atoms with Crippen LogP contribution in [0.5, 0.6) is 0 Å². The van der Waals surface area contributed by atoms with Crippen molar-refractivity contribution in [2.45, 2.75) is 141 Å². The molecule has 0 aromatic heterocycles. The zero-order valence-corrected chi connectivity index (χ0v) is 37.1. The Morgan fingerprint density at radius 1 is 0.698 bits per heavy atom. The van der Waals surface area contributed by atoms with E-state index in [0.717, 1.165) is 0 Å². The summed E-state index contributed by atoms with van der Waals surface area (Å²) in [5, 5.41) is 35.5. The van der Waals surface area contributed by atoms with Gasteiger partial charge in [-0.3, -0.25) is 38.6 Å². The number of carbonyl (C=O) groups excluding carboxylic acids is 7. The summed E-state index contributed by atoms with van der Waals surface area (Å²) in [6.07, 6.45) is -0.911. The molecule has 0 fully saturated rings. The number of nitrogens with zero attached hydrogens (tertiary/aromatic N) is 1. The molecule has 0 heterocycles. The van der Waals surface area contributed by atoms with Crippen LogP contribution in [0, 0.1) is 11.8 Å². The number of primary amides is 1. The van der Waals surface area contributed by atoms with Gasteiger partial charge in [0.25, 0.3) is 0 Å². The molecule has 16 N–H and O–H groups in total. The minimum atomic E-state index is -1.47. The van der Waals surface area contributed by atoms with Gasteiger partial charge in [-0.25, -0.2) is 4.79 Å². The second kappa shape index (κ2) is 28.7. The zero-order valence-electron chi connectivity index (χ0n) is 37.1. The summed E-state index contributed by atoms with van der Waals surface area (Å²) in [6.45, 7) is 9.61. The molecule has 0 saturated heterocycles. The Hall–Kier alpha value is -5.87. The molecule has 22 nitrogen and oxygen atoms in total. The highest BCUT2D eigenvalue weighted by Gasteiger charge is 2.34. The van der Waals surface area contributed by atoms with Crippen LogP contribution in [0.15, 0.2) is 35.3 Å². The minimum absolute atomic E-state index is 0.0564. The molecular weight excluding hydrogens is 823 g/mol. The van der Waals surface area contributed by atoms with Crippen molar-refractivity contribution in [2.24, 2.45) is 39.8 Å². The van der Waals surface area contributed by atoms with E-state index in [9.17, 15) is 48.6 Å². The van der Waals surface area contributed by atoms with Gasteiger partial charge in [-0.15, -0.1) is 0 Å². The van der Waals surface area contributed by atoms with Crippen LogP contribution in [-0.2, 0) is 49.7 Å². The van der Waals surface area contributed by atoms with Crippen LogP contribution >= 0.6 is 0 Å². The number of aliphatic hydroxyl groups excluding tert-OH is 1. The van der Waals surface area contributed by atoms with Gasteiger partial charge in [-0.2, -0.15) is 0 Å². The number of guanidine groups is 1. The molecular formula is C41H69N11O11. The standard InChI is InChI=1S/C41H69N11O11/c1-22(2)20-30(37(59)48-24(5)34(43)56)51-36(58)28(15-16-31(54)55)49-38(60)32(23(3)4)52-39(61)33(25(6)53)46-19-17-29(40(62)63-21-26-12-8-7-9-13-26)50-35(57)27(42)14-10-11-18-47-41(44)45/h7-9,12-13,22-25,27-30,32-33,46,53H,10-11,14-21,42H2,1-6H3,(H2,43,56)(H,48,59)(H,49,60)(H,50,57)(H,51,58)(H,52,61)(H,54,55)(H4,44,45,47). The van der Waals surface area contributed by atoms with E-state index < -0.39 is 108 Å². The number of nitrogens with two attached hydrogens (primary N) is 4. The SMILES string of the molecule is CC(C)CC(NC(=O)C(CCC(=O)O)NC(=O)C(NC(=O)C(NCCC(NC(=O)C(N)CCCCN=C(N)N)C(=O)OCc1ccccc1)C(C)O)C(C)C)C(=O)NC(C)C(N)=O. The number of ether oxygens (including phenoxy) is 1. The average molecular weight is 892 g/mol. The summed E-state index contributed by atoms with van der Waals surface area (Å²) in [7, 11) is 0. The number of hydrogen-bond acceptors (Lipinski definition) is 13. The van der Waals surface area contributed by atoms with Gasteiger partial charge >= 0.3 is 11.9 Å². The molecule has 0 radical (unpaired) electrons. The number of hydrogen-bond donors (Lipinski definition) is 12. The van der Waals surface area contributed by atoms with E-state index in [0.29, 0.717) is 24.9 Å². The molecule has 0 aliphatic heterocycles. The van der Waals surface area contributed by atoms with Crippen LogP contribution < -0.4 is 54.8 Å². The lowest BCUT2D eigenvalue weighted by Gasteiger charge is -2.29. The van der Waals surface area contributed by atoms with Crippen molar-refractivity contribution in [3.63, 3.8) is 0 Å². The number of aliphatic hydroxyl groups is 1. The molecule has 1 aromatic rings. The molecule has 1 rings (SSSR count). The smallest absolute Gasteiger partial charge is 0.329 e. The number of carboxylic acid groups (broad SMARTS) is 1. The number of unbranched alkanes of at least 4 members (excludes halogenated alkanes) is 1. The summed E-state index contributed by atoms with van der Waals surface area (Å²) in [6, 6.07) is 0.267. The molecule has 354 valence electrons. The molecule has 0 saturated carbocycles. The van der Waals surface area contributed by atoms with Crippen LogP contribution in [0.4, 0.5) is 0 Å². The van der Waals surface area contributed by atoms with Crippen molar-refractivity contribution >= 4 is 53.3 Å². The second-order valence-electron chi connectivity index (χ2n) is 16.1. The van der Waals surface area contributed by atoms with Gasteiger partial charge in [0.15, 0.2) is 5.96 Å². The lowest BCUT2D eigenvalue weighted by atomic mass is 10.00. The van der Waals surface area contributed by atoms with E-state index in [1.165, 1.54) is 13.8 Å². The monoisotopic (exact) mass is 892 g/mol. The Morgan fingerprint density at radius 3 is 1.84 bits per heavy atom. The minimum Gasteiger partial charge on any atom is -0.481 e. The molecule has 0 aliphatic rings. The Balaban J connectivity index is 3.17. The molecule has 0 aliphatic carbocycles. The van der Waals surface area contributed by atoms with Crippen LogP contribution in [0.3, 0.4) is 0 Å². The fourth-order valence-corrected chi connectivity index (χ4v) is 5.97. The topological polar surface area (TPSA) is 375 Å². The molecule has 1 aromatic carbocycles. The van der Waals surface area contributed by atoms with Gasteiger partial charge in [-0.05, 0) is 76.3 Å². The number of amides is 6. The Bertz CT molecular complexity index is 1690. The van der Waals surface area contributed by atoms with Gasteiger partial charge in [0, 0.05) is 13.0 Å². The van der Waals surface area contributed by atoms with Gasteiger partial charge in [0.1, 0.15) is 42.9 Å². The molecule has 0 bridgehead atoms. The van der Waals surface area contributed by atoms with E-state index in [2.05, 4.69) is 36.9 Å². The number of rotatable bonds is 30. The fourth-order valence-electron chi connectivity index (χ4n) is 5.97. The number of aliphatic imine (C=N–C) groups is 1. The van der Waals surface area contributed by atoms with E-state index in [4.69, 9.17) is 27.7 Å². The Labute approximate surface area is 368 Å². The van der Waals surface area contributed by atoms with Crippen molar-refractivity contribution < 1.29 is 53.3 Å². The van der Waals surface area contributed by atoms with Crippen molar-refractivity contribution in [3.05, 3.63) is 35.9 Å². The summed E-state index contributed by atoms with van der Waals surface area (Å²) in [5.41, 5.74) is 22.8. The highest BCUT2D eigenvalue weighted by molar-refractivity contribution is 5.96. The predicted molar refractivity (Wildman–Crippen MR) is 233 cm³/mol. The maximum absolute atomic E-state index is 13.7. The second-order valence-corrected chi connectivity index (χ2v) is 16.1. The van der Waals surface area contributed by atoms with Gasteiger partial charge in [0.2, 0.25) is 35.4 Å². The van der Waals surface area contributed by atoms with Crippen LogP contribution in [0.1, 0.15) is 92.1 Å². The largest absolute Gasteiger partial charge is 0.481 e. The maximum Gasteiger partial charge on any atom is 0.329 e. The van der Waals surface area contributed by atoms with Crippen LogP contribution in [0.25, 0.3) is 0 Å². The highest BCUT2D eigenvalue weighted by Crippen LogP contribution is 2.11. The van der Waals surface area contributed by atoms with E-state index >= 15 is 0 Å². The highest BCUT2D eigenvalue weighted by atomic mass is 16.5. The van der Waals surface area contributed by atoms with Crippen LogP contribution in [0.2, 0.25) is 0 Å². The molecule has 0 spiro atoms. The van der Waals surface area contributed by atoms with Crippen LogP contribution in [-0.4, -0.2) is 125 Å². The maximum atomic E-state index is 13.7. The summed E-state index contributed by atoms with van der Waals surface area (Å²) >= 11 is 0. The van der Waals surface area contributed by atoms with Gasteiger partial charge in [0.05, 0.1) is 12.1 Å². The molecule has 22 heteroatoms. The molecule has 8 unspecified atom stereocenters. The number of aliphatic carboxylic acids is 1. The average Bonchev–Trinajstić information content (AvgIpc) is 3.20. The zero-order chi connectivity index (χ0) is 47.8. The number of carbonyl (C=O) groups is 8. The molecule has 8 atom stereocenters. The molecule has 63 heavy (non-hydrogen) atoms. The van der Waals surface area contributed by atoms with Gasteiger partial charge in [-0.1, -0.05) is 58.0 Å². The number of nitrogens with one attached hydrogen (secondary N) is 6. The first-order valence-electron chi connectivity index (χ1n) is 21.0. The quantitative estimate of drug-likeness (QED) is 0.0168. The van der Waals surface area contributed by atoms with E-state index in [1.807, 2.05) is 0 Å². The first-order chi connectivity index (χ1) is 29.5. The fraction of sp³-hybridized carbons (Fsp3) is 0.634. The third kappa shape index (κ3) is 22.2. The Kier molecular flexibility index (Phi) is 25.1. The first kappa shape index (κ1) is 55.1. The lowest BCUT2D eigenvalue weighted by Crippen LogP contribution is -2.60. The summed E-state index contributed by atoms with van der Waals surface area (Å²) in [4.78, 5) is 107. The van der Waals surface area contributed by atoms with Gasteiger partial charge < -0.3 is 69.8 Å². The number of benzene rings is 1. The normalized spacial score (nSPS) is 15.0. The van der Waals surface area contributed by atoms with Crippen molar-refractivity contribution in [1.29, 1.82) is 0 Å². The van der Waals surface area contributed by atoms with Crippen molar-refractivity contribution in [2.75, 3.05) is 13.1 Å². The van der Waals surface area contributed by atoms with E-state index in [-0.39, 0.29) is 50.7 Å². The Morgan fingerprint density at radius 2 is 1.29 bits per heavy atom. The lowest BCUT2D eigenvalue weighted by molar-refractivity contribution is -0.149. The van der Waals surface area contributed by atoms with Crippen molar-refractivity contribution in [1.82, 2.24) is 31.9 Å². The number of esters is 1. The summed E-state index contributed by atoms with van der Waals surface area (Å²) in [5.74, 6) is -7.55. The predicted octanol–water partition coefficient (Wildman–Crippen LogP) is -2.27. The van der Waals surface area contributed by atoms with E-state index in [1.54, 1.807) is 58.0 Å².